The highest BCUT2D eigenvalue weighted by atomic mass is 127. The molecule has 0 aliphatic heterocycles. The Morgan fingerprint density at radius 2 is 1.65 bits per heavy atom. The number of ether oxygens (including phenoxy) is 4. The van der Waals surface area contributed by atoms with Crippen molar-refractivity contribution < 1.29 is 18.9 Å². The summed E-state index contributed by atoms with van der Waals surface area (Å²) in [5.74, 6) is 4.64. The average molecular weight is 533 g/mol. The van der Waals surface area contributed by atoms with E-state index in [9.17, 15) is 0 Å². The first-order valence-electron chi connectivity index (χ1n) is 9.61. The molecule has 2 aromatic carbocycles. The highest BCUT2D eigenvalue weighted by Crippen LogP contribution is 2.37. The number of benzene rings is 2. The standard InChI is InChI=1S/C23H24IN3O4/c1-5-16-12-17(6-7-19(16)24)27(2)23-18-13-21(30-10-8-28-3)22(31-11-9-29-4)14-20(18)25-15-26-23/h1,6-7,12-15H,8-11H2,2-4H3. The van der Waals surface area contributed by atoms with Crippen LogP contribution in [0.3, 0.4) is 0 Å². The van der Waals surface area contributed by atoms with E-state index in [4.69, 9.17) is 25.4 Å². The molecular weight excluding hydrogens is 509 g/mol. The molecule has 0 spiro atoms. The fourth-order valence-corrected chi connectivity index (χ4v) is 3.46. The Morgan fingerprint density at radius 1 is 0.968 bits per heavy atom. The van der Waals surface area contributed by atoms with Crippen molar-refractivity contribution in [3.63, 3.8) is 0 Å². The fourth-order valence-electron chi connectivity index (χ4n) is 2.97. The van der Waals surface area contributed by atoms with Gasteiger partial charge in [0.2, 0.25) is 0 Å². The molecule has 3 rings (SSSR count). The molecule has 7 nitrogen and oxygen atoms in total. The fraction of sp³-hybridized carbons (Fsp3) is 0.304. The molecule has 0 fully saturated rings. The summed E-state index contributed by atoms with van der Waals surface area (Å²) in [5, 5.41) is 0.831. The lowest BCUT2D eigenvalue weighted by atomic mass is 10.1. The maximum Gasteiger partial charge on any atom is 0.163 e. The molecule has 162 valence electrons. The summed E-state index contributed by atoms with van der Waals surface area (Å²) in [6.07, 6.45) is 7.18. The van der Waals surface area contributed by atoms with Gasteiger partial charge in [-0.2, -0.15) is 0 Å². The van der Waals surface area contributed by atoms with E-state index in [-0.39, 0.29) is 0 Å². The van der Waals surface area contributed by atoms with Crippen LogP contribution >= 0.6 is 22.6 Å². The van der Waals surface area contributed by atoms with Crippen molar-refractivity contribution in [1.29, 1.82) is 0 Å². The number of nitrogens with zero attached hydrogens (tertiary/aromatic N) is 3. The smallest absolute Gasteiger partial charge is 0.163 e. The van der Waals surface area contributed by atoms with Crippen LogP contribution in [0.1, 0.15) is 5.56 Å². The SMILES string of the molecule is C#Cc1cc(N(C)c2ncnc3cc(OCCOC)c(OCCOC)cc23)ccc1I. The lowest BCUT2D eigenvalue weighted by Gasteiger charge is -2.21. The number of hydrogen-bond donors (Lipinski definition) is 0. The van der Waals surface area contributed by atoms with Gasteiger partial charge in [-0.3, -0.25) is 0 Å². The van der Waals surface area contributed by atoms with Crippen LogP contribution in [0.2, 0.25) is 0 Å². The summed E-state index contributed by atoms with van der Waals surface area (Å²) in [7, 11) is 5.20. The predicted molar refractivity (Wildman–Crippen MR) is 129 cm³/mol. The Morgan fingerprint density at radius 3 is 2.29 bits per heavy atom. The van der Waals surface area contributed by atoms with Crippen molar-refractivity contribution in [3.8, 4) is 23.8 Å². The van der Waals surface area contributed by atoms with Crippen LogP contribution < -0.4 is 14.4 Å². The van der Waals surface area contributed by atoms with E-state index in [1.807, 2.05) is 42.3 Å². The summed E-state index contributed by atoms with van der Waals surface area (Å²) in [6, 6.07) is 9.72. The van der Waals surface area contributed by atoms with E-state index >= 15 is 0 Å². The Balaban J connectivity index is 2.03. The Bertz CT molecular complexity index is 1080. The number of terminal acetylenes is 1. The van der Waals surface area contributed by atoms with Crippen LogP contribution in [0.4, 0.5) is 11.5 Å². The number of fused-ring (bicyclic) bond motifs is 1. The van der Waals surface area contributed by atoms with Crippen molar-refractivity contribution >= 4 is 45.0 Å². The Hall–Kier alpha value is -2.61. The predicted octanol–water partition coefficient (Wildman–Crippen LogP) is 4.03. The molecule has 0 saturated heterocycles. The number of rotatable bonds is 10. The zero-order valence-corrected chi connectivity index (χ0v) is 19.9. The van der Waals surface area contributed by atoms with Gasteiger partial charge < -0.3 is 23.8 Å². The largest absolute Gasteiger partial charge is 0.487 e. The zero-order valence-electron chi connectivity index (χ0n) is 17.7. The second-order valence-corrected chi connectivity index (χ2v) is 7.73. The second-order valence-electron chi connectivity index (χ2n) is 6.56. The number of halogens is 1. The van der Waals surface area contributed by atoms with E-state index in [1.54, 1.807) is 14.2 Å². The van der Waals surface area contributed by atoms with Gasteiger partial charge in [-0.05, 0) is 46.9 Å². The normalized spacial score (nSPS) is 10.7. The van der Waals surface area contributed by atoms with E-state index in [2.05, 4.69) is 38.5 Å². The van der Waals surface area contributed by atoms with Gasteiger partial charge in [-0.25, -0.2) is 9.97 Å². The maximum absolute atomic E-state index is 5.92. The zero-order chi connectivity index (χ0) is 22.2. The molecule has 3 aromatic rings. The first-order valence-corrected chi connectivity index (χ1v) is 10.7. The van der Waals surface area contributed by atoms with Crippen molar-refractivity contribution in [2.24, 2.45) is 0 Å². The minimum Gasteiger partial charge on any atom is -0.487 e. The molecule has 1 aromatic heterocycles. The van der Waals surface area contributed by atoms with Crippen LogP contribution in [-0.2, 0) is 9.47 Å². The van der Waals surface area contributed by atoms with Crippen LogP contribution in [0, 0.1) is 15.9 Å². The van der Waals surface area contributed by atoms with Crippen molar-refractivity contribution in [2.75, 3.05) is 52.6 Å². The molecule has 31 heavy (non-hydrogen) atoms. The van der Waals surface area contributed by atoms with Gasteiger partial charge >= 0.3 is 0 Å². The molecule has 0 unspecified atom stereocenters. The third-order valence-corrected chi connectivity index (χ3v) is 5.52. The van der Waals surface area contributed by atoms with E-state index < -0.39 is 0 Å². The van der Waals surface area contributed by atoms with Crippen LogP contribution in [-0.4, -0.2) is 57.7 Å². The maximum atomic E-state index is 5.92. The monoisotopic (exact) mass is 533 g/mol. The van der Waals surface area contributed by atoms with Crippen molar-refractivity contribution in [3.05, 3.63) is 45.8 Å². The van der Waals surface area contributed by atoms with E-state index in [1.165, 1.54) is 6.33 Å². The van der Waals surface area contributed by atoms with Crippen LogP contribution in [0.15, 0.2) is 36.7 Å². The minimum atomic E-state index is 0.393. The molecule has 0 radical (unpaired) electrons. The van der Waals surface area contributed by atoms with Gasteiger partial charge in [-0.1, -0.05) is 5.92 Å². The lowest BCUT2D eigenvalue weighted by Crippen LogP contribution is -2.13. The third kappa shape index (κ3) is 5.55. The molecule has 1 heterocycles. The van der Waals surface area contributed by atoms with Gasteiger partial charge in [0.05, 0.1) is 18.7 Å². The summed E-state index contributed by atoms with van der Waals surface area (Å²) in [6.45, 7) is 1.73. The van der Waals surface area contributed by atoms with Gasteiger partial charge in [0.15, 0.2) is 11.5 Å². The Labute approximate surface area is 195 Å². The molecule has 8 heteroatoms. The highest BCUT2D eigenvalue weighted by molar-refractivity contribution is 14.1. The van der Waals surface area contributed by atoms with Crippen molar-refractivity contribution in [1.82, 2.24) is 9.97 Å². The van der Waals surface area contributed by atoms with Gasteiger partial charge in [0.1, 0.15) is 25.4 Å². The van der Waals surface area contributed by atoms with Gasteiger partial charge in [0, 0.05) is 47.5 Å². The molecule has 0 atom stereocenters. The van der Waals surface area contributed by atoms with E-state index in [0.717, 1.165) is 31.5 Å². The molecule has 0 aliphatic carbocycles. The summed E-state index contributed by atoms with van der Waals surface area (Å²) >= 11 is 2.23. The summed E-state index contributed by atoms with van der Waals surface area (Å²) in [4.78, 5) is 10.9. The Kier molecular flexibility index (Phi) is 8.28. The molecule has 0 aliphatic rings. The molecule has 0 amide bonds. The van der Waals surface area contributed by atoms with Gasteiger partial charge in [0.25, 0.3) is 0 Å². The van der Waals surface area contributed by atoms with Crippen LogP contribution in [0.25, 0.3) is 10.9 Å². The number of methoxy groups -OCH3 is 2. The van der Waals surface area contributed by atoms with E-state index in [0.29, 0.717) is 37.9 Å². The quantitative estimate of drug-likeness (QED) is 0.222. The van der Waals surface area contributed by atoms with Crippen molar-refractivity contribution in [2.45, 2.75) is 0 Å². The number of aromatic nitrogens is 2. The van der Waals surface area contributed by atoms with Gasteiger partial charge in [-0.15, -0.1) is 6.42 Å². The lowest BCUT2D eigenvalue weighted by molar-refractivity contribution is 0.132. The van der Waals surface area contributed by atoms with Crippen LogP contribution in [0.5, 0.6) is 11.5 Å². The third-order valence-electron chi connectivity index (χ3n) is 4.58. The molecule has 0 saturated carbocycles. The second kappa shape index (κ2) is 11.1. The summed E-state index contributed by atoms with van der Waals surface area (Å²) < 4.78 is 23.0. The number of hydrogen-bond acceptors (Lipinski definition) is 7. The number of anilines is 2. The highest BCUT2D eigenvalue weighted by Gasteiger charge is 2.16. The first kappa shape index (κ1) is 23.1. The molecular formula is C23H24IN3O4. The molecule has 0 bridgehead atoms. The summed E-state index contributed by atoms with van der Waals surface area (Å²) in [5.41, 5.74) is 2.50. The first-order chi connectivity index (χ1) is 15.1. The molecule has 0 N–H and O–H groups in total. The average Bonchev–Trinajstić information content (AvgIpc) is 2.79. The topological polar surface area (TPSA) is 65.9 Å². The minimum absolute atomic E-state index is 0.393.